The molecule has 1 fully saturated rings. The van der Waals surface area contributed by atoms with Crippen molar-refractivity contribution in [2.75, 3.05) is 7.11 Å². The minimum Gasteiger partial charge on any atom is -0.497 e. The van der Waals surface area contributed by atoms with Gasteiger partial charge in [0.25, 0.3) is 0 Å². The van der Waals surface area contributed by atoms with Crippen molar-refractivity contribution in [2.24, 2.45) is 5.73 Å². The molecule has 1 aromatic carbocycles. The molecule has 1 aliphatic rings. The summed E-state index contributed by atoms with van der Waals surface area (Å²) < 4.78 is 5.20. The molecule has 16 heavy (non-hydrogen) atoms. The molecule has 0 aliphatic heterocycles. The molecule has 0 bridgehead atoms. The zero-order chi connectivity index (χ0) is 11.8. The van der Waals surface area contributed by atoms with Gasteiger partial charge in [0, 0.05) is 17.0 Å². The van der Waals surface area contributed by atoms with Gasteiger partial charge in [0.1, 0.15) is 12.0 Å². The zero-order valence-corrected chi connectivity index (χ0v) is 9.69. The largest absolute Gasteiger partial charge is 0.497 e. The molecule has 3 heteroatoms. The maximum absolute atomic E-state index is 11.0. The molecule has 0 aromatic heterocycles. The average Bonchev–Trinajstić information content (AvgIpc) is 3.09. The molecular formula is C13H17NO2. The highest BCUT2D eigenvalue weighted by Gasteiger charge is 2.48. The molecular weight excluding hydrogens is 202 g/mol. The zero-order valence-electron chi connectivity index (χ0n) is 9.69. The van der Waals surface area contributed by atoms with Crippen molar-refractivity contribution >= 4 is 6.29 Å². The number of nitrogens with two attached hydrogens (primary N) is 1. The van der Waals surface area contributed by atoms with E-state index in [0.717, 1.165) is 36.0 Å². The fourth-order valence-corrected chi connectivity index (χ4v) is 2.30. The van der Waals surface area contributed by atoms with Crippen molar-refractivity contribution in [3.05, 3.63) is 29.3 Å². The highest BCUT2D eigenvalue weighted by atomic mass is 16.5. The van der Waals surface area contributed by atoms with E-state index in [-0.39, 0.29) is 11.5 Å². The molecule has 0 radical (unpaired) electrons. The van der Waals surface area contributed by atoms with Crippen LogP contribution >= 0.6 is 0 Å². The highest BCUT2D eigenvalue weighted by molar-refractivity contribution is 5.79. The molecule has 0 heterocycles. The fraction of sp³-hybridized carbons (Fsp3) is 0.462. The standard InChI is InChI=1S/C13H17NO2/c1-9(14)13(5-6-13)12-7-11(16-2)4-3-10(12)8-15/h3-4,7-9H,5-6,14H2,1-2H3. The summed E-state index contributed by atoms with van der Waals surface area (Å²) in [6, 6.07) is 5.63. The topological polar surface area (TPSA) is 52.3 Å². The second-order valence-corrected chi connectivity index (χ2v) is 4.52. The fourth-order valence-electron chi connectivity index (χ4n) is 2.30. The van der Waals surface area contributed by atoms with E-state index in [1.807, 2.05) is 25.1 Å². The van der Waals surface area contributed by atoms with Gasteiger partial charge >= 0.3 is 0 Å². The number of hydrogen-bond acceptors (Lipinski definition) is 3. The Balaban J connectivity index is 2.49. The number of aldehydes is 1. The lowest BCUT2D eigenvalue weighted by Gasteiger charge is -2.22. The Morgan fingerprint density at radius 3 is 2.62 bits per heavy atom. The van der Waals surface area contributed by atoms with Crippen LogP contribution < -0.4 is 10.5 Å². The predicted molar refractivity (Wildman–Crippen MR) is 62.9 cm³/mol. The lowest BCUT2D eigenvalue weighted by Crippen LogP contribution is -2.32. The van der Waals surface area contributed by atoms with E-state index < -0.39 is 0 Å². The molecule has 3 nitrogen and oxygen atoms in total. The van der Waals surface area contributed by atoms with Gasteiger partial charge in [-0.2, -0.15) is 0 Å². The van der Waals surface area contributed by atoms with E-state index in [0.29, 0.717) is 0 Å². The smallest absolute Gasteiger partial charge is 0.150 e. The Kier molecular flexibility index (Phi) is 2.72. The summed E-state index contributed by atoms with van der Waals surface area (Å²) in [6.45, 7) is 2.00. The van der Waals surface area contributed by atoms with Crippen molar-refractivity contribution in [3.8, 4) is 5.75 Å². The summed E-state index contributed by atoms with van der Waals surface area (Å²) in [5, 5.41) is 0. The van der Waals surface area contributed by atoms with E-state index in [9.17, 15) is 4.79 Å². The number of rotatable bonds is 4. The molecule has 0 amide bonds. The van der Waals surface area contributed by atoms with Crippen LogP contribution in [0, 0.1) is 0 Å². The van der Waals surface area contributed by atoms with Crippen LogP contribution in [0.4, 0.5) is 0 Å². The lowest BCUT2D eigenvalue weighted by atomic mass is 9.86. The van der Waals surface area contributed by atoms with Crippen LogP contribution in [0.15, 0.2) is 18.2 Å². The number of carbonyl (C=O) groups is 1. The monoisotopic (exact) mass is 219 g/mol. The van der Waals surface area contributed by atoms with E-state index in [1.165, 1.54) is 0 Å². The van der Waals surface area contributed by atoms with Crippen molar-refractivity contribution in [3.63, 3.8) is 0 Å². The van der Waals surface area contributed by atoms with E-state index in [1.54, 1.807) is 7.11 Å². The third-order valence-electron chi connectivity index (χ3n) is 3.58. The maximum atomic E-state index is 11.0. The minimum atomic E-state index is -0.00914. The van der Waals surface area contributed by atoms with Crippen molar-refractivity contribution < 1.29 is 9.53 Å². The van der Waals surface area contributed by atoms with Crippen molar-refractivity contribution in [1.29, 1.82) is 0 Å². The van der Waals surface area contributed by atoms with Gasteiger partial charge in [0.15, 0.2) is 0 Å². The van der Waals surface area contributed by atoms with Gasteiger partial charge in [0.2, 0.25) is 0 Å². The minimum absolute atomic E-state index is 0.00914. The summed E-state index contributed by atoms with van der Waals surface area (Å²) in [4.78, 5) is 11.0. The van der Waals surface area contributed by atoms with Gasteiger partial charge in [-0.25, -0.2) is 0 Å². The molecule has 0 spiro atoms. The van der Waals surface area contributed by atoms with E-state index >= 15 is 0 Å². The summed E-state index contributed by atoms with van der Waals surface area (Å²) >= 11 is 0. The van der Waals surface area contributed by atoms with Gasteiger partial charge in [-0.15, -0.1) is 0 Å². The number of hydrogen-bond donors (Lipinski definition) is 1. The Morgan fingerprint density at radius 1 is 1.50 bits per heavy atom. The van der Waals surface area contributed by atoms with Crippen LogP contribution in [0.2, 0.25) is 0 Å². The Labute approximate surface area is 95.6 Å². The molecule has 1 saturated carbocycles. The van der Waals surface area contributed by atoms with Gasteiger partial charge in [-0.05, 0) is 43.5 Å². The SMILES string of the molecule is COc1ccc(C=O)c(C2(C(C)N)CC2)c1. The van der Waals surface area contributed by atoms with Crippen LogP contribution in [-0.4, -0.2) is 19.4 Å². The summed E-state index contributed by atoms with van der Waals surface area (Å²) in [5.74, 6) is 0.785. The first-order valence-electron chi connectivity index (χ1n) is 5.53. The van der Waals surface area contributed by atoms with Crippen molar-refractivity contribution in [2.45, 2.75) is 31.2 Å². The third kappa shape index (κ3) is 1.61. The van der Waals surface area contributed by atoms with E-state index in [4.69, 9.17) is 10.5 Å². The molecule has 1 unspecified atom stereocenters. The summed E-state index contributed by atoms with van der Waals surface area (Å²) in [5.41, 5.74) is 7.78. The van der Waals surface area contributed by atoms with Crippen LogP contribution in [0.25, 0.3) is 0 Å². The molecule has 2 rings (SSSR count). The quantitative estimate of drug-likeness (QED) is 0.787. The molecule has 1 aliphatic carbocycles. The summed E-state index contributed by atoms with van der Waals surface area (Å²) in [7, 11) is 1.63. The van der Waals surface area contributed by atoms with Crippen molar-refractivity contribution in [1.82, 2.24) is 0 Å². The number of methoxy groups -OCH3 is 1. The van der Waals surface area contributed by atoms with Crippen LogP contribution in [0.1, 0.15) is 35.7 Å². The maximum Gasteiger partial charge on any atom is 0.150 e. The first-order valence-corrected chi connectivity index (χ1v) is 5.53. The average molecular weight is 219 g/mol. The molecule has 2 N–H and O–H groups in total. The summed E-state index contributed by atoms with van der Waals surface area (Å²) in [6.07, 6.45) is 3.01. The first-order chi connectivity index (χ1) is 7.64. The molecule has 0 saturated heterocycles. The van der Waals surface area contributed by atoms with Gasteiger partial charge in [-0.1, -0.05) is 0 Å². The second-order valence-electron chi connectivity index (χ2n) is 4.52. The molecule has 86 valence electrons. The first kappa shape index (κ1) is 11.1. The Hall–Kier alpha value is -1.35. The lowest BCUT2D eigenvalue weighted by molar-refractivity contribution is 0.112. The Morgan fingerprint density at radius 2 is 2.19 bits per heavy atom. The molecule has 1 aromatic rings. The second kappa shape index (κ2) is 3.91. The number of carbonyl (C=O) groups excluding carboxylic acids is 1. The van der Waals surface area contributed by atoms with Gasteiger partial charge in [0.05, 0.1) is 7.11 Å². The van der Waals surface area contributed by atoms with Gasteiger partial charge < -0.3 is 10.5 Å². The van der Waals surface area contributed by atoms with Crippen LogP contribution in [-0.2, 0) is 5.41 Å². The molecule has 1 atom stereocenters. The third-order valence-corrected chi connectivity index (χ3v) is 3.58. The number of benzene rings is 1. The van der Waals surface area contributed by atoms with E-state index in [2.05, 4.69) is 0 Å². The number of ether oxygens (including phenoxy) is 1. The Bertz CT molecular complexity index is 408. The normalized spacial score (nSPS) is 18.9. The van der Waals surface area contributed by atoms with Gasteiger partial charge in [-0.3, -0.25) is 4.79 Å². The van der Waals surface area contributed by atoms with Crippen LogP contribution in [0.5, 0.6) is 5.75 Å². The predicted octanol–water partition coefficient (Wildman–Crippen LogP) is 1.89. The highest BCUT2D eigenvalue weighted by Crippen LogP contribution is 2.51. The van der Waals surface area contributed by atoms with Crippen LogP contribution in [0.3, 0.4) is 0 Å².